The Hall–Kier alpha value is -2.78. The number of aliphatic hydroxyl groups excluding tert-OH is 1. The van der Waals surface area contributed by atoms with E-state index in [0.29, 0.717) is 28.8 Å². The molecule has 10 heteroatoms. The normalized spacial score (nSPS) is 12.0. The van der Waals surface area contributed by atoms with Crippen LogP contribution in [0.4, 0.5) is 22.0 Å². The van der Waals surface area contributed by atoms with Crippen LogP contribution in [-0.2, 0) is 0 Å². The average molecular weight is 378 g/mol. The number of rotatable bonds is 7. The van der Waals surface area contributed by atoms with Crippen molar-refractivity contribution >= 4 is 29.2 Å². The van der Waals surface area contributed by atoms with Gasteiger partial charge in [0.05, 0.1) is 24.1 Å². The first-order valence-electron chi connectivity index (χ1n) is 7.85. The number of pyridine rings is 1. The van der Waals surface area contributed by atoms with Crippen molar-refractivity contribution in [2.45, 2.75) is 19.4 Å². The lowest BCUT2D eigenvalue weighted by Crippen LogP contribution is -2.16. The highest BCUT2D eigenvalue weighted by molar-refractivity contribution is 6.32. The second kappa shape index (κ2) is 8.07. The van der Waals surface area contributed by atoms with E-state index in [1.54, 1.807) is 6.07 Å². The second-order valence-corrected chi connectivity index (χ2v) is 5.97. The lowest BCUT2D eigenvalue weighted by molar-refractivity contribution is 0.279. The first-order chi connectivity index (χ1) is 12.5. The fourth-order valence-electron chi connectivity index (χ4n) is 2.30. The third-order valence-corrected chi connectivity index (χ3v) is 3.80. The standard InChI is InChI=1S/C16H17ClFN7O/c1-9-6-14(25-24-9)22-15-11(17)8-20-16(23-15)21-13(4-5-26)12-3-2-10(18)7-19-12/h2-3,6-8,13,26H,4-5H2,1H3,(H3,20,21,22,23,24,25). The summed E-state index contributed by atoms with van der Waals surface area (Å²) < 4.78 is 13.1. The van der Waals surface area contributed by atoms with Gasteiger partial charge in [-0.25, -0.2) is 9.37 Å². The highest BCUT2D eigenvalue weighted by Crippen LogP contribution is 2.25. The van der Waals surface area contributed by atoms with Gasteiger partial charge in [0, 0.05) is 18.4 Å². The van der Waals surface area contributed by atoms with E-state index in [-0.39, 0.29) is 18.6 Å². The summed E-state index contributed by atoms with van der Waals surface area (Å²) >= 11 is 6.14. The molecule has 0 amide bonds. The van der Waals surface area contributed by atoms with Crippen LogP contribution in [0.3, 0.4) is 0 Å². The number of aromatic nitrogens is 5. The van der Waals surface area contributed by atoms with Crippen molar-refractivity contribution in [2.75, 3.05) is 17.2 Å². The Morgan fingerprint density at radius 2 is 2.15 bits per heavy atom. The number of aromatic amines is 1. The maximum atomic E-state index is 13.1. The molecule has 0 fully saturated rings. The predicted octanol–water partition coefficient (Wildman–Crippen LogP) is 2.97. The van der Waals surface area contributed by atoms with Gasteiger partial charge in [-0.1, -0.05) is 11.6 Å². The van der Waals surface area contributed by atoms with Crippen molar-refractivity contribution in [3.63, 3.8) is 0 Å². The first-order valence-corrected chi connectivity index (χ1v) is 8.23. The van der Waals surface area contributed by atoms with E-state index in [4.69, 9.17) is 11.6 Å². The predicted molar refractivity (Wildman–Crippen MR) is 95.9 cm³/mol. The van der Waals surface area contributed by atoms with Crippen molar-refractivity contribution in [1.82, 2.24) is 25.1 Å². The minimum Gasteiger partial charge on any atom is -0.396 e. The Bertz CT molecular complexity index is 871. The molecule has 136 valence electrons. The van der Waals surface area contributed by atoms with Gasteiger partial charge in [0.25, 0.3) is 0 Å². The maximum Gasteiger partial charge on any atom is 0.225 e. The molecular formula is C16H17ClFN7O. The van der Waals surface area contributed by atoms with E-state index in [9.17, 15) is 9.50 Å². The van der Waals surface area contributed by atoms with Crippen molar-refractivity contribution in [3.8, 4) is 0 Å². The second-order valence-electron chi connectivity index (χ2n) is 5.56. The topological polar surface area (TPSA) is 112 Å². The zero-order chi connectivity index (χ0) is 18.5. The van der Waals surface area contributed by atoms with Gasteiger partial charge >= 0.3 is 0 Å². The minimum absolute atomic E-state index is 0.0814. The summed E-state index contributed by atoms with van der Waals surface area (Å²) in [6, 6.07) is 4.28. The molecule has 0 aromatic carbocycles. The Morgan fingerprint density at radius 1 is 1.31 bits per heavy atom. The van der Waals surface area contributed by atoms with E-state index < -0.39 is 5.82 Å². The number of halogens is 2. The molecule has 3 rings (SSSR count). The number of anilines is 3. The molecule has 0 aliphatic carbocycles. The highest BCUT2D eigenvalue weighted by Gasteiger charge is 2.15. The Kier molecular flexibility index (Phi) is 5.59. The Morgan fingerprint density at radius 3 is 2.81 bits per heavy atom. The van der Waals surface area contributed by atoms with Gasteiger partial charge < -0.3 is 15.7 Å². The van der Waals surface area contributed by atoms with E-state index in [1.807, 2.05) is 13.0 Å². The number of nitrogens with one attached hydrogen (secondary N) is 3. The minimum atomic E-state index is -0.431. The molecule has 8 nitrogen and oxygen atoms in total. The van der Waals surface area contributed by atoms with Gasteiger partial charge in [-0.15, -0.1) is 0 Å². The van der Waals surface area contributed by atoms with Gasteiger partial charge in [-0.3, -0.25) is 10.1 Å². The van der Waals surface area contributed by atoms with Crippen LogP contribution in [0.5, 0.6) is 0 Å². The molecule has 0 radical (unpaired) electrons. The molecule has 3 aromatic heterocycles. The number of H-pyrrole nitrogens is 1. The first kappa shape index (κ1) is 18.0. The molecule has 0 saturated carbocycles. The summed E-state index contributed by atoms with van der Waals surface area (Å²) in [4.78, 5) is 12.5. The maximum absolute atomic E-state index is 13.1. The number of aliphatic hydroxyl groups is 1. The zero-order valence-electron chi connectivity index (χ0n) is 13.9. The summed E-state index contributed by atoms with van der Waals surface area (Å²) in [5.74, 6) is 0.806. The fourth-order valence-corrected chi connectivity index (χ4v) is 2.44. The molecule has 1 unspecified atom stereocenters. The van der Waals surface area contributed by atoms with Crippen molar-refractivity contribution in [2.24, 2.45) is 0 Å². The number of nitrogens with zero attached hydrogens (tertiary/aromatic N) is 4. The van der Waals surface area contributed by atoms with E-state index >= 15 is 0 Å². The summed E-state index contributed by atoms with van der Waals surface area (Å²) in [5, 5.41) is 22.6. The van der Waals surface area contributed by atoms with Crippen LogP contribution in [0.2, 0.25) is 5.02 Å². The van der Waals surface area contributed by atoms with Crippen LogP contribution in [0.25, 0.3) is 0 Å². The molecule has 3 aromatic rings. The van der Waals surface area contributed by atoms with Crippen molar-refractivity contribution in [3.05, 3.63) is 52.8 Å². The van der Waals surface area contributed by atoms with Gasteiger partial charge in [0.1, 0.15) is 10.8 Å². The molecule has 0 aliphatic heterocycles. The largest absolute Gasteiger partial charge is 0.396 e. The molecule has 1 atom stereocenters. The van der Waals surface area contributed by atoms with Crippen molar-refractivity contribution < 1.29 is 9.50 Å². The lowest BCUT2D eigenvalue weighted by atomic mass is 10.1. The van der Waals surface area contributed by atoms with Gasteiger partial charge in [0.15, 0.2) is 11.6 Å². The van der Waals surface area contributed by atoms with Crippen LogP contribution >= 0.6 is 11.6 Å². The van der Waals surface area contributed by atoms with Gasteiger partial charge in [-0.2, -0.15) is 10.1 Å². The van der Waals surface area contributed by atoms with E-state index in [2.05, 4.69) is 35.8 Å². The number of hydrogen-bond acceptors (Lipinski definition) is 7. The lowest BCUT2D eigenvalue weighted by Gasteiger charge is -2.18. The SMILES string of the molecule is Cc1cc(Nc2nc(NC(CCO)c3ccc(F)cn3)ncc2Cl)n[nH]1. The van der Waals surface area contributed by atoms with Crippen LogP contribution in [0.1, 0.15) is 23.9 Å². The monoisotopic (exact) mass is 377 g/mol. The van der Waals surface area contributed by atoms with Crippen LogP contribution < -0.4 is 10.6 Å². The molecule has 3 heterocycles. The fraction of sp³-hybridized carbons (Fsp3) is 0.250. The molecular weight excluding hydrogens is 361 g/mol. The zero-order valence-corrected chi connectivity index (χ0v) is 14.6. The molecule has 0 bridgehead atoms. The smallest absolute Gasteiger partial charge is 0.225 e. The number of aryl methyl sites for hydroxylation is 1. The summed E-state index contributed by atoms with van der Waals surface area (Å²) in [6.07, 6.45) is 2.93. The quantitative estimate of drug-likeness (QED) is 0.500. The van der Waals surface area contributed by atoms with Gasteiger partial charge in [0.2, 0.25) is 5.95 Å². The van der Waals surface area contributed by atoms with E-state index in [1.165, 1.54) is 12.3 Å². The van der Waals surface area contributed by atoms with Gasteiger partial charge in [-0.05, 0) is 25.5 Å². The molecule has 4 N–H and O–H groups in total. The Balaban J connectivity index is 1.80. The van der Waals surface area contributed by atoms with E-state index in [0.717, 1.165) is 11.9 Å². The van der Waals surface area contributed by atoms with Crippen LogP contribution in [0, 0.1) is 12.7 Å². The number of hydrogen-bond donors (Lipinski definition) is 4. The molecule has 0 saturated heterocycles. The molecule has 0 aliphatic rings. The summed E-state index contributed by atoms with van der Waals surface area (Å²) in [5.41, 5.74) is 1.46. The van der Waals surface area contributed by atoms with Crippen molar-refractivity contribution in [1.29, 1.82) is 0 Å². The molecule has 0 spiro atoms. The van der Waals surface area contributed by atoms with Crippen LogP contribution in [0.15, 0.2) is 30.6 Å². The third kappa shape index (κ3) is 4.44. The molecule has 26 heavy (non-hydrogen) atoms. The van der Waals surface area contributed by atoms with Crippen LogP contribution in [-0.4, -0.2) is 36.9 Å². The third-order valence-electron chi connectivity index (χ3n) is 3.52. The summed E-state index contributed by atoms with van der Waals surface area (Å²) in [6.45, 7) is 1.80. The average Bonchev–Trinajstić information content (AvgIpc) is 3.03. The highest BCUT2D eigenvalue weighted by atomic mass is 35.5. The Labute approximate surface area is 153 Å². The summed E-state index contributed by atoms with van der Waals surface area (Å²) in [7, 11) is 0.